The molecule has 0 saturated carbocycles. The lowest BCUT2D eigenvalue weighted by Crippen LogP contribution is -2.04. The molecule has 3 heteroatoms. The van der Waals surface area contributed by atoms with Crippen LogP contribution < -0.4 is 10.5 Å². The van der Waals surface area contributed by atoms with Crippen molar-refractivity contribution in [2.24, 2.45) is 5.73 Å². The molecule has 0 saturated heterocycles. The van der Waals surface area contributed by atoms with Gasteiger partial charge < -0.3 is 10.5 Å². The van der Waals surface area contributed by atoms with Crippen LogP contribution in [0.3, 0.4) is 0 Å². The van der Waals surface area contributed by atoms with E-state index in [1.54, 1.807) is 12.1 Å². The fourth-order valence-corrected chi connectivity index (χ4v) is 1.12. The van der Waals surface area contributed by atoms with Crippen LogP contribution in [0, 0.1) is 5.82 Å². The summed E-state index contributed by atoms with van der Waals surface area (Å²) in [7, 11) is 1.49. The summed E-state index contributed by atoms with van der Waals surface area (Å²) < 4.78 is 18.3. The molecule has 0 aromatic heterocycles. The molecule has 1 rings (SSSR count). The first-order valence-corrected chi connectivity index (χ1v) is 3.91. The Kier molecular flexibility index (Phi) is 3.03. The molecule has 0 spiro atoms. The van der Waals surface area contributed by atoms with Crippen LogP contribution in [0.1, 0.15) is 5.56 Å². The maximum Gasteiger partial charge on any atom is 0.134 e. The van der Waals surface area contributed by atoms with Gasteiger partial charge in [-0.1, -0.05) is 12.6 Å². The Hall–Kier alpha value is -1.35. The normalized spacial score (nSPS) is 9.77. The lowest BCUT2D eigenvalue weighted by Gasteiger charge is -2.09. The van der Waals surface area contributed by atoms with Gasteiger partial charge in [-0.3, -0.25) is 0 Å². The summed E-state index contributed by atoms with van der Waals surface area (Å²) in [6.45, 7) is 3.89. The first-order chi connectivity index (χ1) is 6.20. The van der Waals surface area contributed by atoms with Crippen LogP contribution in [-0.2, 0) is 0 Å². The van der Waals surface area contributed by atoms with Gasteiger partial charge in [0.25, 0.3) is 0 Å². The zero-order chi connectivity index (χ0) is 9.84. The molecule has 0 heterocycles. The second-order valence-electron chi connectivity index (χ2n) is 2.62. The van der Waals surface area contributed by atoms with Crippen LogP contribution in [0.5, 0.6) is 5.75 Å². The van der Waals surface area contributed by atoms with Gasteiger partial charge in [0.15, 0.2) is 0 Å². The Morgan fingerprint density at radius 1 is 1.62 bits per heavy atom. The number of nitrogens with two attached hydrogens (primary N) is 1. The van der Waals surface area contributed by atoms with E-state index in [1.165, 1.54) is 13.2 Å². The van der Waals surface area contributed by atoms with Crippen molar-refractivity contribution < 1.29 is 9.13 Å². The number of halogens is 1. The number of hydrogen-bond donors (Lipinski definition) is 1. The summed E-state index contributed by atoms with van der Waals surface area (Å²) in [6.07, 6.45) is 0. The molecule has 0 bridgehead atoms. The van der Waals surface area contributed by atoms with E-state index >= 15 is 0 Å². The van der Waals surface area contributed by atoms with Gasteiger partial charge in [-0.05, 0) is 17.7 Å². The monoisotopic (exact) mass is 181 g/mol. The SMILES string of the molecule is C=C(CN)c1c(F)cccc1OC. The van der Waals surface area contributed by atoms with Gasteiger partial charge in [0, 0.05) is 6.54 Å². The number of methoxy groups -OCH3 is 1. The van der Waals surface area contributed by atoms with Gasteiger partial charge in [-0.15, -0.1) is 0 Å². The summed E-state index contributed by atoms with van der Waals surface area (Å²) >= 11 is 0. The van der Waals surface area contributed by atoms with Crippen LogP contribution in [0.4, 0.5) is 4.39 Å². The van der Waals surface area contributed by atoms with Crippen molar-refractivity contribution in [3.63, 3.8) is 0 Å². The van der Waals surface area contributed by atoms with Gasteiger partial charge >= 0.3 is 0 Å². The van der Waals surface area contributed by atoms with E-state index in [2.05, 4.69) is 6.58 Å². The maximum absolute atomic E-state index is 13.3. The average molecular weight is 181 g/mol. The highest BCUT2D eigenvalue weighted by atomic mass is 19.1. The minimum atomic E-state index is -0.352. The first kappa shape index (κ1) is 9.74. The van der Waals surface area contributed by atoms with Crippen molar-refractivity contribution in [1.82, 2.24) is 0 Å². The summed E-state index contributed by atoms with van der Waals surface area (Å²) in [5.74, 6) is 0.116. The molecular weight excluding hydrogens is 169 g/mol. The smallest absolute Gasteiger partial charge is 0.134 e. The van der Waals surface area contributed by atoms with Gasteiger partial charge in [0.05, 0.1) is 12.7 Å². The maximum atomic E-state index is 13.3. The predicted octanol–water partition coefficient (Wildman–Crippen LogP) is 1.81. The molecule has 2 nitrogen and oxygen atoms in total. The molecule has 13 heavy (non-hydrogen) atoms. The van der Waals surface area contributed by atoms with Crippen LogP contribution in [0.25, 0.3) is 5.57 Å². The van der Waals surface area contributed by atoms with Crippen LogP contribution in [0.2, 0.25) is 0 Å². The van der Waals surface area contributed by atoms with Crippen LogP contribution in [-0.4, -0.2) is 13.7 Å². The highest BCUT2D eigenvalue weighted by Gasteiger charge is 2.10. The number of rotatable bonds is 3. The molecule has 0 aliphatic heterocycles. The largest absolute Gasteiger partial charge is 0.496 e. The van der Waals surface area contributed by atoms with Gasteiger partial charge in [0.2, 0.25) is 0 Å². The van der Waals surface area contributed by atoms with Crippen LogP contribution >= 0.6 is 0 Å². The van der Waals surface area contributed by atoms with Gasteiger partial charge in [-0.25, -0.2) is 4.39 Å². The summed E-state index contributed by atoms with van der Waals surface area (Å²) in [5, 5.41) is 0. The highest BCUT2D eigenvalue weighted by Crippen LogP contribution is 2.26. The standard InChI is InChI=1S/C10H12FNO/c1-7(6-12)10-8(11)4-3-5-9(10)13-2/h3-5H,1,6,12H2,2H3. The van der Waals surface area contributed by atoms with Crippen molar-refractivity contribution in [3.8, 4) is 5.75 Å². The third-order valence-electron chi connectivity index (χ3n) is 1.80. The first-order valence-electron chi connectivity index (χ1n) is 3.91. The predicted molar refractivity (Wildman–Crippen MR) is 51.0 cm³/mol. The third kappa shape index (κ3) is 1.87. The summed E-state index contributed by atoms with van der Waals surface area (Å²) in [5.41, 5.74) is 6.28. The topological polar surface area (TPSA) is 35.2 Å². The second kappa shape index (κ2) is 4.05. The van der Waals surface area contributed by atoms with Gasteiger partial charge in [0.1, 0.15) is 11.6 Å². The highest BCUT2D eigenvalue weighted by molar-refractivity contribution is 5.70. The molecule has 0 unspecified atom stereocenters. The number of benzene rings is 1. The molecule has 0 aliphatic carbocycles. The van der Waals surface area contributed by atoms with E-state index in [4.69, 9.17) is 10.5 Å². The zero-order valence-corrected chi connectivity index (χ0v) is 7.51. The fraction of sp³-hybridized carbons (Fsp3) is 0.200. The average Bonchev–Trinajstić information content (AvgIpc) is 2.16. The Balaban J connectivity index is 3.22. The van der Waals surface area contributed by atoms with E-state index in [9.17, 15) is 4.39 Å². The Morgan fingerprint density at radius 2 is 2.31 bits per heavy atom. The lowest BCUT2D eigenvalue weighted by molar-refractivity contribution is 0.409. The molecule has 0 amide bonds. The number of hydrogen-bond acceptors (Lipinski definition) is 2. The second-order valence-corrected chi connectivity index (χ2v) is 2.62. The Labute approximate surface area is 76.8 Å². The van der Waals surface area contributed by atoms with Crippen molar-refractivity contribution in [3.05, 3.63) is 36.2 Å². The fourth-order valence-electron chi connectivity index (χ4n) is 1.12. The van der Waals surface area contributed by atoms with E-state index in [1.807, 2.05) is 0 Å². The van der Waals surface area contributed by atoms with E-state index in [0.29, 0.717) is 16.9 Å². The minimum Gasteiger partial charge on any atom is -0.496 e. The van der Waals surface area contributed by atoms with E-state index in [0.717, 1.165) is 0 Å². The van der Waals surface area contributed by atoms with Crippen molar-refractivity contribution in [2.75, 3.05) is 13.7 Å². The molecule has 1 aromatic rings. The molecule has 1 aromatic carbocycles. The van der Waals surface area contributed by atoms with Crippen molar-refractivity contribution >= 4 is 5.57 Å². The quantitative estimate of drug-likeness (QED) is 0.771. The molecule has 0 aliphatic rings. The van der Waals surface area contributed by atoms with Crippen LogP contribution in [0.15, 0.2) is 24.8 Å². The third-order valence-corrected chi connectivity index (χ3v) is 1.80. The molecule has 70 valence electrons. The Bertz CT molecular complexity index is 323. The summed E-state index contributed by atoms with van der Waals surface area (Å²) in [4.78, 5) is 0. The summed E-state index contributed by atoms with van der Waals surface area (Å²) in [6, 6.07) is 4.62. The number of ether oxygens (including phenoxy) is 1. The molecule has 0 radical (unpaired) electrons. The van der Waals surface area contributed by atoms with Crippen molar-refractivity contribution in [1.29, 1.82) is 0 Å². The lowest BCUT2D eigenvalue weighted by atomic mass is 10.1. The molecular formula is C10H12FNO. The molecule has 0 fully saturated rings. The van der Waals surface area contributed by atoms with E-state index < -0.39 is 0 Å². The van der Waals surface area contributed by atoms with Gasteiger partial charge in [-0.2, -0.15) is 0 Å². The Morgan fingerprint density at radius 3 is 2.85 bits per heavy atom. The minimum absolute atomic E-state index is 0.220. The van der Waals surface area contributed by atoms with E-state index in [-0.39, 0.29) is 12.4 Å². The molecule has 0 atom stereocenters. The zero-order valence-electron chi connectivity index (χ0n) is 7.51. The van der Waals surface area contributed by atoms with Crippen molar-refractivity contribution in [2.45, 2.75) is 0 Å². The molecule has 2 N–H and O–H groups in total.